The molecule has 0 saturated carbocycles. The second-order valence-electron chi connectivity index (χ2n) is 4.55. The lowest BCUT2D eigenvalue weighted by atomic mass is 10.0. The van der Waals surface area contributed by atoms with Gasteiger partial charge in [-0.15, -0.1) is 0 Å². The van der Waals surface area contributed by atoms with E-state index in [9.17, 15) is 15.0 Å². The molecular formula is C13H14O6. The van der Waals surface area contributed by atoms with Gasteiger partial charge in [0.05, 0.1) is 6.61 Å². The first-order valence-corrected chi connectivity index (χ1v) is 6.06. The summed E-state index contributed by atoms with van der Waals surface area (Å²) in [5, 5.41) is 19.1. The number of carbonyl (C=O) groups is 1. The van der Waals surface area contributed by atoms with Gasteiger partial charge < -0.3 is 24.4 Å². The van der Waals surface area contributed by atoms with Gasteiger partial charge in [-0.3, -0.25) is 0 Å². The van der Waals surface area contributed by atoms with Gasteiger partial charge in [0.2, 0.25) is 0 Å². The Kier molecular flexibility index (Phi) is 3.24. The zero-order valence-electron chi connectivity index (χ0n) is 10.0. The number of esters is 1. The fourth-order valence-electron chi connectivity index (χ4n) is 2.35. The number of carbonyl (C=O) groups excluding carboxylic acids is 1. The molecule has 2 aliphatic rings. The van der Waals surface area contributed by atoms with Crippen LogP contribution in [0.1, 0.15) is 11.9 Å². The van der Waals surface area contributed by atoms with Crippen LogP contribution in [0.2, 0.25) is 0 Å². The highest BCUT2D eigenvalue weighted by atomic mass is 16.7. The van der Waals surface area contributed by atoms with Crippen LogP contribution in [-0.4, -0.2) is 47.2 Å². The summed E-state index contributed by atoms with van der Waals surface area (Å²) >= 11 is 0. The summed E-state index contributed by atoms with van der Waals surface area (Å²) in [5.74, 6) is -0.745. The van der Waals surface area contributed by atoms with E-state index < -0.39 is 36.7 Å². The quantitative estimate of drug-likeness (QED) is 0.718. The Hall–Kier alpha value is -1.47. The van der Waals surface area contributed by atoms with Crippen LogP contribution in [0.15, 0.2) is 30.3 Å². The van der Waals surface area contributed by atoms with Crippen molar-refractivity contribution in [3.63, 3.8) is 0 Å². The summed E-state index contributed by atoms with van der Waals surface area (Å²) in [6.45, 7) is -0.312. The molecule has 2 heterocycles. The maximum absolute atomic E-state index is 11.4. The maximum atomic E-state index is 11.4. The summed E-state index contributed by atoms with van der Waals surface area (Å²) < 4.78 is 16.1. The van der Waals surface area contributed by atoms with Crippen molar-refractivity contribution in [1.82, 2.24) is 0 Å². The van der Waals surface area contributed by atoms with Gasteiger partial charge in [0, 0.05) is 5.56 Å². The molecule has 0 bridgehead atoms. The Labute approximate surface area is 109 Å². The first-order valence-electron chi connectivity index (χ1n) is 6.06. The van der Waals surface area contributed by atoms with Crippen molar-refractivity contribution in [2.45, 2.75) is 30.7 Å². The summed E-state index contributed by atoms with van der Waals surface area (Å²) in [6, 6.07) is 9.13. The lowest BCUT2D eigenvalue weighted by Gasteiger charge is -2.37. The highest BCUT2D eigenvalue weighted by Crippen LogP contribution is 2.36. The number of benzene rings is 1. The van der Waals surface area contributed by atoms with Crippen molar-refractivity contribution in [1.29, 1.82) is 0 Å². The van der Waals surface area contributed by atoms with Gasteiger partial charge in [-0.05, 0) is 0 Å². The average molecular weight is 266 g/mol. The number of rotatable bonds is 2. The first-order chi connectivity index (χ1) is 9.20. The van der Waals surface area contributed by atoms with E-state index in [-0.39, 0.29) is 6.61 Å². The van der Waals surface area contributed by atoms with Crippen LogP contribution in [0.3, 0.4) is 0 Å². The zero-order chi connectivity index (χ0) is 13.4. The highest BCUT2D eigenvalue weighted by molar-refractivity contribution is 5.78. The van der Waals surface area contributed by atoms with Crippen LogP contribution >= 0.6 is 0 Å². The topological polar surface area (TPSA) is 85.2 Å². The van der Waals surface area contributed by atoms with E-state index in [2.05, 4.69) is 0 Å². The van der Waals surface area contributed by atoms with Crippen LogP contribution in [0.25, 0.3) is 0 Å². The third-order valence-electron chi connectivity index (χ3n) is 3.33. The molecule has 0 amide bonds. The minimum absolute atomic E-state index is 0.312. The minimum Gasteiger partial charge on any atom is -0.455 e. The Balaban J connectivity index is 1.85. The molecule has 6 nitrogen and oxygen atoms in total. The smallest absolute Gasteiger partial charge is 0.338 e. The number of ether oxygens (including phenoxy) is 3. The summed E-state index contributed by atoms with van der Waals surface area (Å²) in [4.78, 5) is 11.4. The van der Waals surface area contributed by atoms with E-state index in [1.54, 1.807) is 0 Å². The van der Waals surface area contributed by atoms with Gasteiger partial charge in [-0.1, -0.05) is 30.3 Å². The first kappa shape index (κ1) is 12.6. The molecule has 2 saturated heterocycles. The summed E-state index contributed by atoms with van der Waals surface area (Å²) in [6.07, 6.45) is -4.36. The van der Waals surface area contributed by atoms with Crippen molar-refractivity contribution in [3.8, 4) is 0 Å². The van der Waals surface area contributed by atoms with Crippen molar-refractivity contribution < 1.29 is 29.2 Å². The molecule has 5 atom stereocenters. The molecule has 2 aliphatic heterocycles. The molecule has 102 valence electrons. The predicted molar refractivity (Wildman–Crippen MR) is 61.9 cm³/mol. The third kappa shape index (κ3) is 2.12. The average Bonchev–Trinajstić information content (AvgIpc) is 2.75. The standard InChI is InChI=1S/C13H14O6/c14-6-8-10-11(9(15)12(16)18-10)19-13(17-8)7-4-2-1-3-5-7/h1-5,8-11,13-15H,6H2/t8-,9-,10+,11+,13-/m1/s1. The van der Waals surface area contributed by atoms with E-state index in [1.807, 2.05) is 30.3 Å². The molecule has 19 heavy (non-hydrogen) atoms. The minimum atomic E-state index is -1.34. The monoisotopic (exact) mass is 266 g/mol. The van der Waals surface area contributed by atoms with Crippen molar-refractivity contribution >= 4 is 5.97 Å². The van der Waals surface area contributed by atoms with Gasteiger partial charge in [-0.25, -0.2) is 4.79 Å². The van der Waals surface area contributed by atoms with Gasteiger partial charge in [0.15, 0.2) is 18.5 Å². The van der Waals surface area contributed by atoms with Crippen molar-refractivity contribution in [3.05, 3.63) is 35.9 Å². The van der Waals surface area contributed by atoms with Crippen LogP contribution in [-0.2, 0) is 19.0 Å². The lowest BCUT2D eigenvalue weighted by Crippen LogP contribution is -2.49. The molecule has 1 aromatic rings. The van der Waals surface area contributed by atoms with Crippen molar-refractivity contribution in [2.75, 3.05) is 6.61 Å². The van der Waals surface area contributed by atoms with E-state index in [0.29, 0.717) is 0 Å². The fourth-order valence-corrected chi connectivity index (χ4v) is 2.35. The second kappa shape index (κ2) is 4.90. The van der Waals surface area contributed by atoms with Gasteiger partial charge in [0.25, 0.3) is 0 Å². The fraction of sp³-hybridized carbons (Fsp3) is 0.462. The van der Waals surface area contributed by atoms with Crippen LogP contribution in [0, 0.1) is 0 Å². The molecule has 2 fully saturated rings. The van der Waals surface area contributed by atoms with E-state index >= 15 is 0 Å². The molecule has 0 aliphatic carbocycles. The molecule has 6 heteroatoms. The van der Waals surface area contributed by atoms with Crippen LogP contribution in [0.5, 0.6) is 0 Å². The Morgan fingerprint density at radius 1 is 1.11 bits per heavy atom. The van der Waals surface area contributed by atoms with E-state index in [1.165, 1.54) is 0 Å². The predicted octanol–water partition coefficient (Wildman–Crippen LogP) is -0.252. The lowest BCUT2D eigenvalue weighted by molar-refractivity contribution is -0.288. The zero-order valence-corrected chi connectivity index (χ0v) is 10.0. The largest absolute Gasteiger partial charge is 0.455 e. The van der Waals surface area contributed by atoms with Crippen LogP contribution < -0.4 is 0 Å². The molecular weight excluding hydrogens is 252 g/mol. The summed E-state index contributed by atoms with van der Waals surface area (Å²) in [7, 11) is 0. The molecule has 0 aromatic heterocycles. The number of fused-ring (bicyclic) bond motifs is 1. The SMILES string of the molecule is O=C1O[C@@H]2[C@@H](O[C@H](c3ccccc3)O[C@@H]2CO)[C@H]1O. The normalized spacial score (nSPS) is 37.8. The van der Waals surface area contributed by atoms with Gasteiger partial charge in [0.1, 0.15) is 12.2 Å². The molecule has 0 unspecified atom stereocenters. The Bertz CT molecular complexity index is 461. The van der Waals surface area contributed by atoms with Crippen molar-refractivity contribution in [2.24, 2.45) is 0 Å². The third-order valence-corrected chi connectivity index (χ3v) is 3.33. The molecule has 0 spiro atoms. The Morgan fingerprint density at radius 2 is 1.84 bits per heavy atom. The Morgan fingerprint density at radius 3 is 2.53 bits per heavy atom. The molecule has 0 radical (unpaired) electrons. The van der Waals surface area contributed by atoms with Gasteiger partial charge >= 0.3 is 5.97 Å². The molecule has 3 rings (SSSR count). The highest BCUT2D eigenvalue weighted by Gasteiger charge is 2.53. The van der Waals surface area contributed by atoms with Crippen LogP contribution in [0.4, 0.5) is 0 Å². The van der Waals surface area contributed by atoms with Gasteiger partial charge in [-0.2, -0.15) is 0 Å². The number of hydrogen-bond acceptors (Lipinski definition) is 6. The van der Waals surface area contributed by atoms with E-state index in [4.69, 9.17) is 14.2 Å². The number of hydrogen-bond donors (Lipinski definition) is 2. The second-order valence-corrected chi connectivity index (χ2v) is 4.55. The molecule has 1 aromatic carbocycles. The number of aliphatic hydroxyl groups is 2. The van der Waals surface area contributed by atoms with E-state index in [0.717, 1.165) is 5.56 Å². The number of aliphatic hydroxyl groups excluding tert-OH is 2. The maximum Gasteiger partial charge on any atom is 0.338 e. The summed E-state index contributed by atoms with van der Waals surface area (Å²) in [5.41, 5.74) is 0.756. The molecule has 2 N–H and O–H groups in total.